The minimum Gasteiger partial charge on any atom is -0.440 e. The van der Waals surface area contributed by atoms with E-state index >= 15 is 0 Å². The Morgan fingerprint density at radius 1 is 1.15 bits per heavy atom. The van der Waals surface area contributed by atoms with Crippen LogP contribution in [0.25, 0.3) is 10.9 Å². The van der Waals surface area contributed by atoms with Gasteiger partial charge in [-0.05, 0) is 17.7 Å². The zero-order chi connectivity index (χ0) is 18.5. The zero-order valence-corrected chi connectivity index (χ0v) is 13.3. The highest BCUT2D eigenvalue weighted by Gasteiger charge is 2.39. The Kier molecular flexibility index (Phi) is 3.51. The first kappa shape index (κ1) is 16.2. The van der Waals surface area contributed by atoms with Crippen LogP contribution in [0.3, 0.4) is 0 Å². The van der Waals surface area contributed by atoms with Gasteiger partial charge in [0.05, 0.1) is 17.1 Å². The van der Waals surface area contributed by atoms with Crippen molar-refractivity contribution in [1.82, 2.24) is 4.98 Å². The maximum Gasteiger partial charge on any atom is 0.416 e. The molecule has 3 aromatic rings. The molecule has 0 aliphatic carbocycles. The van der Waals surface area contributed by atoms with Gasteiger partial charge in [0.15, 0.2) is 5.75 Å². The Morgan fingerprint density at radius 3 is 2.69 bits per heavy atom. The summed E-state index contributed by atoms with van der Waals surface area (Å²) in [4.78, 5) is 3.02. The SMILES string of the molecule is N#CC1C(=N)Oc2c(ccc3cc[nH]c23)C1c1cccc(C(F)(F)F)c1. The first-order valence-corrected chi connectivity index (χ1v) is 7.83. The Balaban J connectivity index is 1.95. The third-order valence-corrected chi connectivity index (χ3v) is 4.59. The molecule has 0 fully saturated rings. The summed E-state index contributed by atoms with van der Waals surface area (Å²) in [5, 5.41) is 18.5. The van der Waals surface area contributed by atoms with Crippen LogP contribution in [0.15, 0.2) is 48.7 Å². The number of ether oxygens (including phenoxy) is 1. The summed E-state index contributed by atoms with van der Waals surface area (Å²) < 4.78 is 44.9. The third-order valence-electron chi connectivity index (χ3n) is 4.59. The van der Waals surface area contributed by atoms with Crippen molar-refractivity contribution in [2.45, 2.75) is 12.1 Å². The van der Waals surface area contributed by atoms with Gasteiger partial charge in [-0.15, -0.1) is 0 Å². The number of aromatic nitrogens is 1. The van der Waals surface area contributed by atoms with Crippen molar-refractivity contribution in [3.8, 4) is 11.8 Å². The minimum atomic E-state index is -4.48. The average Bonchev–Trinajstić information content (AvgIpc) is 3.09. The molecular formula is C19H12F3N3O. The number of benzene rings is 2. The highest BCUT2D eigenvalue weighted by Crippen LogP contribution is 2.45. The molecule has 0 saturated heterocycles. The van der Waals surface area contributed by atoms with Crippen LogP contribution in [-0.2, 0) is 6.18 Å². The molecule has 4 nitrogen and oxygen atoms in total. The van der Waals surface area contributed by atoms with Crippen molar-refractivity contribution in [2.24, 2.45) is 5.92 Å². The van der Waals surface area contributed by atoms with Crippen LogP contribution in [0.5, 0.6) is 5.75 Å². The topological polar surface area (TPSA) is 72.7 Å². The van der Waals surface area contributed by atoms with E-state index in [0.717, 1.165) is 17.5 Å². The quantitative estimate of drug-likeness (QED) is 0.656. The average molecular weight is 355 g/mol. The molecule has 0 bridgehead atoms. The lowest BCUT2D eigenvalue weighted by Crippen LogP contribution is -2.31. The van der Waals surface area contributed by atoms with E-state index in [1.54, 1.807) is 18.3 Å². The van der Waals surface area contributed by atoms with Crippen molar-refractivity contribution in [3.63, 3.8) is 0 Å². The zero-order valence-electron chi connectivity index (χ0n) is 13.3. The molecule has 2 heterocycles. The fourth-order valence-electron chi connectivity index (χ4n) is 3.39. The molecule has 0 radical (unpaired) electrons. The van der Waals surface area contributed by atoms with Crippen LogP contribution >= 0.6 is 0 Å². The normalized spacial score (nSPS) is 19.7. The van der Waals surface area contributed by atoms with Gasteiger partial charge in [-0.1, -0.05) is 30.3 Å². The Morgan fingerprint density at radius 2 is 1.96 bits per heavy atom. The van der Waals surface area contributed by atoms with E-state index in [1.807, 2.05) is 18.2 Å². The number of hydrogen-bond donors (Lipinski definition) is 2. The van der Waals surface area contributed by atoms with E-state index in [9.17, 15) is 18.4 Å². The molecule has 1 aromatic heterocycles. The minimum absolute atomic E-state index is 0.274. The predicted molar refractivity (Wildman–Crippen MR) is 89.0 cm³/mol. The number of rotatable bonds is 1. The predicted octanol–water partition coefficient (Wildman–Crippen LogP) is 4.83. The van der Waals surface area contributed by atoms with Gasteiger partial charge in [0.25, 0.3) is 0 Å². The molecule has 1 aliphatic heterocycles. The van der Waals surface area contributed by atoms with Crippen LogP contribution in [-0.4, -0.2) is 10.9 Å². The van der Waals surface area contributed by atoms with E-state index in [2.05, 4.69) is 4.98 Å². The van der Waals surface area contributed by atoms with E-state index in [0.29, 0.717) is 22.4 Å². The number of alkyl halides is 3. The van der Waals surface area contributed by atoms with Crippen molar-refractivity contribution < 1.29 is 17.9 Å². The molecule has 2 aromatic carbocycles. The highest BCUT2D eigenvalue weighted by molar-refractivity contribution is 5.94. The largest absolute Gasteiger partial charge is 0.440 e. The Hall–Kier alpha value is -3.27. The van der Waals surface area contributed by atoms with E-state index in [-0.39, 0.29) is 5.90 Å². The van der Waals surface area contributed by atoms with Gasteiger partial charge in [0.2, 0.25) is 5.90 Å². The fourth-order valence-corrected chi connectivity index (χ4v) is 3.39. The third kappa shape index (κ3) is 2.42. The smallest absolute Gasteiger partial charge is 0.416 e. The van der Waals surface area contributed by atoms with Gasteiger partial charge < -0.3 is 9.72 Å². The first-order valence-electron chi connectivity index (χ1n) is 7.83. The molecule has 0 saturated carbocycles. The van der Waals surface area contributed by atoms with Gasteiger partial charge in [-0.25, -0.2) is 0 Å². The molecular weight excluding hydrogens is 343 g/mol. The van der Waals surface area contributed by atoms with Crippen LogP contribution < -0.4 is 4.74 Å². The van der Waals surface area contributed by atoms with Crippen LogP contribution in [0.1, 0.15) is 22.6 Å². The molecule has 7 heteroatoms. The summed E-state index contributed by atoms with van der Waals surface area (Å²) in [5.41, 5.74) is 0.779. The van der Waals surface area contributed by atoms with Crippen LogP contribution in [0.4, 0.5) is 13.2 Å². The number of nitriles is 1. The van der Waals surface area contributed by atoms with Gasteiger partial charge in [-0.3, -0.25) is 5.41 Å². The molecule has 0 amide bonds. The number of nitrogens with zero attached hydrogens (tertiary/aromatic N) is 1. The second-order valence-corrected chi connectivity index (χ2v) is 6.10. The summed E-state index contributed by atoms with van der Waals surface area (Å²) in [6.07, 6.45) is -2.77. The van der Waals surface area contributed by atoms with E-state index in [4.69, 9.17) is 10.1 Å². The lowest BCUT2D eigenvalue weighted by atomic mass is 9.78. The number of hydrogen-bond acceptors (Lipinski definition) is 3. The molecule has 2 atom stereocenters. The van der Waals surface area contributed by atoms with Crippen molar-refractivity contribution in [1.29, 1.82) is 10.7 Å². The second-order valence-electron chi connectivity index (χ2n) is 6.10. The lowest BCUT2D eigenvalue weighted by Gasteiger charge is -2.31. The number of H-pyrrole nitrogens is 1. The monoisotopic (exact) mass is 355 g/mol. The molecule has 0 spiro atoms. The maximum atomic E-state index is 13.1. The molecule has 2 unspecified atom stereocenters. The molecule has 26 heavy (non-hydrogen) atoms. The van der Waals surface area contributed by atoms with Crippen LogP contribution in [0, 0.1) is 22.7 Å². The standard InChI is InChI=1S/C19H12F3N3O/c20-19(21,22)12-3-1-2-11(8-12)15-13-5-4-10-6-7-25-16(10)17(13)26-18(24)14(15)9-23/h1-8,14-15,24-25H. The summed E-state index contributed by atoms with van der Waals surface area (Å²) in [6.45, 7) is 0. The summed E-state index contributed by atoms with van der Waals surface area (Å²) in [5.74, 6) is -1.61. The number of fused-ring (bicyclic) bond motifs is 3. The summed E-state index contributed by atoms with van der Waals surface area (Å²) >= 11 is 0. The highest BCUT2D eigenvalue weighted by atomic mass is 19.4. The molecule has 4 rings (SSSR count). The van der Waals surface area contributed by atoms with Gasteiger partial charge in [-0.2, -0.15) is 18.4 Å². The van der Waals surface area contributed by atoms with Crippen molar-refractivity contribution in [3.05, 3.63) is 65.4 Å². The first-order chi connectivity index (χ1) is 12.4. The summed E-state index contributed by atoms with van der Waals surface area (Å²) in [7, 11) is 0. The molecule has 2 N–H and O–H groups in total. The maximum absolute atomic E-state index is 13.1. The Labute approximate surface area is 146 Å². The number of nitrogens with one attached hydrogen (secondary N) is 2. The van der Waals surface area contributed by atoms with Gasteiger partial charge in [0, 0.05) is 23.1 Å². The number of aromatic amines is 1. The lowest BCUT2D eigenvalue weighted by molar-refractivity contribution is -0.137. The summed E-state index contributed by atoms with van der Waals surface area (Å²) in [6, 6.07) is 12.3. The second kappa shape index (κ2) is 5.63. The Bertz CT molecular complexity index is 1060. The van der Waals surface area contributed by atoms with Crippen molar-refractivity contribution >= 4 is 16.8 Å². The molecule has 130 valence electrons. The van der Waals surface area contributed by atoms with Gasteiger partial charge >= 0.3 is 6.18 Å². The fraction of sp³-hybridized carbons (Fsp3) is 0.158. The van der Waals surface area contributed by atoms with Crippen molar-refractivity contribution in [2.75, 3.05) is 0 Å². The van der Waals surface area contributed by atoms with Crippen LogP contribution in [0.2, 0.25) is 0 Å². The van der Waals surface area contributed by atoms with E-state index in [1.165, 1.54) is 6.07 Å². The molecule has 1 aliphatic rings. The van der Waals surface area contributed by atoms with Gasteiger partial charge in [0.1, 0.15) is 5.92 Å². The van der Waals surface area contributed by atoms with E-state index < -0.39 is 23.6 Å². The number of halogens is 3.